The van der Waals surface area contributed by atoms with Crippen molar-refractivity contribution in [3.63, 3.8) is 0 Å². The lowest BCUT2D eigenvalue weighted by Gasteiger charge is -2.13. The van der Waals surface area contributed by atoms with Gasteiger partial charge in [-0.1, -0.05) is 158 Å². The van der Waals surface area contributed by atoms with Crippen LogP contribution in [0, 0.1) is 0 Å². The molecule has 4 heteroatoms. The highest BCUT2D eigenvalue weighted by Gasteiger charge is 2.09. The number of hydrogen-bond acceptors (Lipinski definition) is 3. The summed E-state index contributed by atoms with van der Waals surface area (Å²) >= 11 is 0. The molecule has 0 rings (SSSR count). The number of ether oxygens (including phenoxy) is 1. The minimum atomic E-state index is -0.671. The maximum absolute atomic E-state index is 12.2. The van der Waals surface area contributed by atoms with Gasteiger partial charge < -0.3 is 9.84 Å². The summed E-state index contributed by atoms with van der Waals surface area (Å²) in [6.07, 6.45) is 51.1. The summed E-state index contributed by atoms with van der Waals surface area (Å²) < 4.78 is 5.63. The average molecular weight is 643 g/mol. The van der Waals surface area contributed by atoms with Crippen LogP contribution in [0.4, 0.5) is 0 Å². The van der Waals surface area contributed by atoms with Crippen molar-refractivity contribution in [1.82, 2.24) is 0 Å². The van der Waals surface area contributed by atoms with Crippen LogP contribution in [0.15, 0.2) is 48.6 Å². The fraction of sp³-hybridized carbons (Fsp3) is 0.762. The maximum atomic E-state index is 12.2. The quantitative estimate of drug-likeness (QED) is 0.0424. The number of aliphatic carboxylic acids is 1. The summed E-state index contributed by atoms with van der Waals surface area (Å²) in [6.45, 7) is 4.29. The Morgan fingerprint density at radius 1 is 0.500 bits per heavy atom. The highest BCUT2D eigenvalue weighted by atomic mass is 16.5. The molecule has 46 heavy (non-hydrogen) atoms. The Hall–Kier alpha value is -2.10. The molecule has 0 saturated carbocycles. The molecule has 0 radical (unpaired) electrons. The Morgan fingerprint density at radius 2 is 0.870 bits per heavy atom. The predicted octanol–water partition coefficient (Wildman–Crippen LogP) is 13.6. The van der Waals surface area contributed by atoms with Crippen LogP contribution in [0.25, 0.3) is 0 Å². The highest BCUT2D eigenvalue weighted by molar-refractivity contribution is 5.69. The van der Waals surface area contributed by atoms with Gasteiger partial charge in [-0.05, 0) is 77.6 Å². The average Bonchev–Trinajstić information content (AvgIpc) is 3.03. The second-order valence-corrected chi connectivity index (χ2v) is 13.2. The number of unbranched alkanes of at least 4 members (excludes halogenated alkanes) is 20. The zero-order valence-corrected chi connectivity index (χ0v) is 30.4. The lowest BCUT2D eigenvalue weighted by molar-refractivity contribution is -0.148. The van der Waals surface area contributed by atoms with E-state index in [4.69, 9.17) is 9.84 Å². The van der Waals surface area contributed by atoms with Gasteiger partial charge in [-0.15, -0.1) is 0 Å². The molecule has 0 aliphatic heterocycles. The van der Waals surface area contributed by atoms with Gasteiger partial charge in [0.05, 0.1) is 6.10 Å². The van der Waals surface area contributed by atoms with E-state index >= 15 is 0 Å². The summed E-state index contributed by atoms with van der Waals surface area (Å²) in [5, 5.41) is 8.65. The third kappa shape index (κ3) is 38.1. The van der Waals surface area contributed by atoms with Crippen molar-refractivity contribution in [1.29, 1.82) is 0 Å². The van der Waals surface area contributed by atoms with Crippen molar-refractivity contribution in [3.8, 4) is 0 Å². The fourth-order valence-electron chi connectivity index (χ4n) is 5.62. The van der Waals surface area contributed by atoms with Crippen molar-refractivity contribution >= 4 is 11.9 Å². The first kappa shape index (κ1) is 43.9. The Morgan fingerprint density at radius 3 is 1.33 bits per heavy atom. The molecule has 0 aromatic heterocycles. The predicted molar refractivity (Wildman–Crippen MR) is 199 cm³/mol. The molecule has 0 amide bonds. The van der Waals surface area contributed by atoms with Crippen molar-refractivity contribution in [3.05, 3.63) is 48.6 Å². The first-order valence-electron chi connectivity index (χ1n) is 19.6. The van der Waals surface area contributed by atoms with Crippen molar-refractivity contribution in [2.24, 2.45) is 0 Å². The second kappa shape index (κ2) is 37.4. The van der Waals surface area contributed by atoms with Gasteiger partial charge in [0.15, 0.2) is 0 Å². The molecule has 0 bridgehead atoms. The van der Waals surface area contributed by atoms with Gasteiger partial charge in [0, 0.05) is 12.8 Å². The van der Waals surface area contributed by atoms with Gasteiger partial charge in [0.1, 0.15) is 0 Å². The SMILES string of the molecule is CCCCC/C=C\C/C=C\C/C=C\C/C=C\CCCCCCCC(=O)OC(C)CCCCCCCCCCCCCCCC(=O)O. The molecule has 0 fully saturated rings. The Labute approximate surface area is 285 Å². The van der Waals surface area contributed by atoms with Gasteiger partial charge in [-0.2, -0.15) is 0 Å². The van der Waals surface area contributed by atoms with Crippen molar-refractivity contribution in [2.75, 3.05) is 0 Å². The van der Waals surface area contributed by atoms with E-state index in [0.29, 0.717) is 12.8 Å². The number of carboxylic acids is 1. The number of allylic oxidation sites excluding steroid dienone is 8. The monoisotopic (exact) mass is 643 g/mol. The van der Waals surface area contributed by atoms with Crippen LogP contribution >= 0.6 is 0 Å². The van der Waals surface area contributed by atoms with Crippen LogP contribution in [-0.4, -0.2) is 23.1 Å². The Bertz CT molecular complexity index is 779. The van der Waals surface area contributed by atoms with E-state index < -0.39 is 5.97 Å². The highest BCUT2D eigenvalue weighted by Crippen LogP contribution is 2.15. The van der Waals surface area contributed by atoms with Gasteiger partial charge in [0.2, 0.25) is 0 Å². The third-order valence-electron chi connectivity index (χ3n) is 8.54. The number of carbonyl (C=O) groups excluding carboxylic acids is 1. The Balaban J connectivity index is 3.41. The molecule has 266 valence electrons. The van der Waals surface area contributed by atoms with Crippen LogP contribution in [0.1, 0.15) is 200 Å². The zero-order chi connectivity index (χ0) is 33.6. The van der Waals surface area contributed by atoms with Crippen LogP contribution < -0.4 is 0 Å². The number of carboxylic acid groups (broad SMARTS) is 1. The summed E-state index contributed by atoms with van der Waals surface area (Å²) in [4.78, 5) is 22.7. The summed E-state index contributed by atoms with van der Waals surface area (Å²) in [5.74, 6) is -0.691. The standard InChI is InChI=1S/C42H74O4/c1-3-4-5-6-7-8-9-10-11-12-13-14-15-16-17-21-24-27-30-33-36-39-42(45)46-40(2)37-34-31-28-25-22-19-18-20-23-26-29-32-35-38-41(43)44/h7-8,10-11,13-14,16-17,40H,3-6,9,12,15,18-39H2,1-2H3,(H,43,44)/b8-7-,11-10-,14-13-,17-16-. The lowest BCUT2D eigenvalue weighted by atomic mass is 10.0. The van der Waals surface area contributed by atoms with Crippen LogP contribution in [0.2, 0.25) is 0 Å². The molecular formula is C42H74O4. The fourth-order valence-corrected chi connectivity index (χ4v) is 5.62. The third-order valence-corrected chi connectivity index (χ3v) is 8.54. The number of esters is 1. The van der Waals surface area contributed by atoms with Gasteiger partial charge in [0.25, 0.3) is 0 Å². The van der Waals surface area contributed by atoms with Crippen LogP contribution in [0.5, 0.6) is 0 Å². The van der Waals surface area contributed by atoms with Gasteiger partial charge in [-0.25, -0.2) is 0 Å². The van der Waals surface area contributed by atoms with E-state index in [0.717, 1.165) is 64.2 Å². The summed E-state index contributed by atoms with van der Waals surface area (Å²) in [7, 11) is 0. The number of rotatable bonds is 35. The lowest BCUT2D eigenvalue weighted by Crippen LogP contribution is -2.14. The van der Waals surface area contributed by atoms with E-state index in [9.17, 15) is 9.59 Å². The molecule has 0 aliphatic carbocycles. The molecule has 4 nitrogen and oxygen atoms in total. The first-order chi connectivity index (χ1) is 22.6. The van der Waals surface area contributed by atoms with E-state index in [1.807, 2.05) is 6.92 Å². The van der Waals surface area contributed by atoms with E-state index in [-0.39, 0.29) is 12.1 Å². The van der Waals surface area contributed by atoms with E-state index in [2.05, 4.69) is 55.5 Å². The molecule has 1 N–H and O–H groups in total. The maximum Gasteiger partial charge on any atom is 0.306 e. The van der Waals surface area contributed by atoms with Crippen molar-refractivity contribution < 1.29 is 19.4 Å². The zero-order valence-electron chi connectivity index (χ0n) is 30.4. The van der Waals surface area contributed by atoms with E-state index in [1.54, 1.807) is 0 Å². The molecule has 0 heterocycles. The molecular weight excluding hydrogens is 568 g/mol. The van der Waals surface area contributed by atoms with E-state index in [1.165, 1.54) is 109 Å². The van der Waals surface area contributed by atoms with Gasteiger partial charge in [-0.3, -0.25) is 9.59 Å². The summed E-state index contributed by atoms with van der Waals surface area (Å²) in [5.41, 5.74) is 0. The normalized spacial score (nSPS) is 12.7. The summed E-state index contributed by atoms with van der Waals surface area (Å²) in [6, 6.07) is 0. The molecule has 0 spiro atoms. The molecule has 0 saturated heterocycles. The first-order valence-corrected chi connectivity index (χ1v) is 19.6. The van der Waals surface area contributed by atoms with Crippen LogP contribution in [0.3, 0.4) is 0 Å². The van der Waals surface area contributed by atoms with Gasteiger partial charge >= 0.3 is 11.9 Å². The molecule has 0 aliphatic rings. The molecule has 0 aromatic rings. The van der Waals surface area contributed by atoms with Crippen LogP contribution in [-0.2, 0) is 14.3 Å². The largest absolute Gasteiger partial charge is 0.481 e. The smallest absolute Gasteiger partial charge is 0.306 e. The van der Waals surface area contributed by atoms with Crippen molar-refractivity contribution in [2.45, 2.75) is 206 Å². The number of hydrogen-bond donors (Lipinski definition) is 1. The number of carbonyl (C=O) groups is 2. The minimum absolute atomic E-state index is 0.0196. The Kier molecular flexibility index (Phi) is 35.7. The minimum Gasteiger partial charge on any atom is -0.481 e. The molecule has 0 aromatic carbocycles. The molecule has 1 atom stereocenters. The molecule has 1 unspecified atom stereocenters. The second-order valence-electron chi connectivity index (χ2n) is 13.2. The topological polar surface area (TPSA) is 63.6 Å².